The zero-order valence-corrected chi connectivity index (χ0v) is 11.2. The van der Waals surface area contributed by atoms with E-state index in [0.717, 1.165) is 24.7 Å². The van der Waals surface area contributed by atoms with Gasteiger partial charge in [0.2, 0.25) is 0 Å². The van der Waals surface area contributed by atoms with Gasteiger partial charge in [0.15, 0.2) is 0 Å². The van der Waals surface area contributed by atoms with Crippen molar-refractivity contribution in [1.29, 1.82) is 5.26 Å². The van der Waals surface area contributed by atoms with Gasteiger partial charge in [0, 0.05) is 12.6 Å². The molecule has 0 spiro atoms. The van der Waals surface area contributed by atoms with Gasteiger partial charge in [-0.3, -0.25) is 4.90 Å². The largest absolute Gasteiger partial charge is 0.296 e. The number of nitrogens with zero attached hydrogens (tertiary/aromatic N) is 2. The Bertz CT molecular complexity index is 413. The van der Waals surface area contributed by atoms with E-state index >= 15 is 0 Å². The molecule has 1 aromatic carbocycles. The average Bonchev–Trinajstić information content (AvgIpc) is 2.46. The van der Waals surface area contributed by atoms with Crippen molar-refractivity contribution in [1.82, 2.24) is 4.90 Å². The Labute approximate surface area is 110 Å². The van der Waals surface area contributed by atoms with E-state index in [-0.39, 0.29) is 0 Å². The lowest BCUT2D eigenvalue weighted by Gasteiger charge is -2.33. The number of hydrogen-bond acceptors (Lipinski definition) is 2. The standard InChI is InChI=1S/C16H22N2/c1-2-18(16-10-4-3-5-11-16)13-15-9-7-6-8-14(15)12-17/h6-9,16H,2-5,10-11,13H2,1H3. The monoisotopic (exact) mass is 242 g/mol. The summed E-state index contributed by atoms with van der Waals surface area (Å²) in [6.45, 7) is 4.22. The molecule has 2 nitrogen and oxygen atoms in total. The second-order valence-corrected chi connectivity index (χ2v) is 5.12. The zero-order chi connectivity index (χ0) is 12.8. The van der Waals surface area contributed by atoms with Gasteiger partial charge in [0.1, 0.15) is 0 Å². The Hall–Kier alpha value is -1.33. The predicted molar refractivity (Wildman–Crippen MR) is 74.1 cm³/mol. The van der Waals surface area contributed by atoms with Gasteiger partial charge in [-0.2, -0.15) is 5.26 Å². The Morgan fingerprint density at radius 2 is 1.94 bits per heavy atom. The van der Waals surface area contributed by atoms with Crippen LogP contribution in [0.3, 0.4) is 0 Å². The van der Waals surface area contributed by atoms with Crippen LogP contribution in [0.1, 0.15) is 50.2 Å². The maximum absolute atomic E-state index is 9.15. The Balaban J connectivity index is 2.07. The third kappa shape index (κ3) is 3.11. The smallest absolute Gasteiger partial charge is 0.0995 e. The molecule has 0 aromatic heterocycles. The van der Waals surface area contributed by atoms with E-state index in [1.165, 1.54) is 37.7 Å². The molecule has 1 fully saturated rings. The third-order valence-corrected chi connectivity index (χ3v) is 4.01. The van der Waals surface area contributed by atoms with Gasteiger partial charge in [-0.15, -0.1) is 0 Å². The first-order chi connectivity index (χ1) is 8.85. The molecule has 2 heteroatoms. The summed E-state index contributed by atoms with van der Waals surface area (Å²) in [5.41, 5.74) is 2.00. The molecular weight excluding hydrogens is 220 g/mol. The van der Waals surface area contributed by atoms with Crippen LogP contribution in [0.2, 0.25) is 0 Å². The van der Waals surface area contributed by atoms with E-state index in [0.29, 0.717) is 0 Å². The Morgan fingerprint density at radius 1 is 1.22 bits per heavy atom. The fourth-order valence-electron chi connectivity index (χ4n) is 2.93. The zero-order valence-electron chi connectivity index (χ0n) is 11.2. The van der Waals surface area contributed by atoms with Crippen molar-refractivity contribution in [2.75, 3.05) is 6.54 Å². The molecule has 0 bridgehead atoms. The molecular formula is C16H22N2. The maximum Gasteiger partial charge on any atom is 0.0995 e. The van der Waals surface area contributed by atoms with Gasteiger partial charge in [-0.05, 0) is 31.0 Å². The summed E-state index contributed by atoms with van der Waals surface area (Å²) >= 11 is 0. The lowest BCUT2D eigenvalue weighted by molar-refractivity contribution is 0.156. The summed E-state index contributed by atoms with van der Waals surface area (Å²) in [4.78, 5) is 2.54. The third-order valence-electron chi connectivity index (χ3n) is 4.01. The lowest BCUT2D eigenvalue weighted by atomic mass is 9.93. The van der Waals surface area contributed by atoms with Gasteiger partial charge in [-0.1, -0.05) is 44.4 Å². The molecule has 0 amide bonds. The van der Waals surface area contributed by atoms with Crippen molar-refractivity contribution in [2.45, 2.75) is 51.6 Å². The summed E-state index contributed by atoms with van der Waals surface area (Å²) in [6, 6.07) is 11.0. The molecule has 1 saturated carbocycles. The van der Waals surface area contributed by atoms with Gasteiger partial charge >= 0.3 is 0 Å². The van der Waals surface area contributed by atoms with Crippen molar-refractivity contribution in [3.05, 3.63) is 35.4 Å². The van der Waals surface area contributed by atoms with Gasteiger partial charge < -0.3 is 0 Å². The average molecular weight is 242 g/mol. The minimum absolute atomic E-state index is 0.718. The summed E-state index contributed by atoms with van der Waals surface area (Å²) in [6.07, 6.45) is 6.76. The second kappa shape index (κ2) is 6.56. The van der Waals surface area contributed by atoms with Gasteiger partial charge in [0.25, 0.3) is 0 Å². The van der Waals surface area contributed by atoms with Gasteiger partial charge in [-0.25, -0.2) is 0 Å². The van der Waals surface area contributed by atoms with Crippen LogP contribution < -0.4 is 0 Å². The minimum Gasteiger partial charge on any atom is -0.296 e. The van der Waals surface area contributed by atoms with E-state index in [4.69, 9.17) is 5.26 Å². The number of hydrogen-bond donors (Lipinski definition) is 0. The van der Waals surface area contributed by atoms with Crippen LogP contribution in [0.5, 0.6) is 0 Å². The highest BCUT2D eigenvalue weighted by molar-refractivity contribution is 5.37. The van der Waals surface area contributed by atoms with Crippen molar-refractivity contribution in [2.24, 2.45) is 0 Å². The first-order valence-corrected chi connectivity index (χ1v) is 7.07. The van der Waals surface area contributed by atoms with E-state index in [2.05, 4.69) is 24.0 Å². The van der Waals surface area contributed by atoms with Crippen molar-refractivity contribution in [3.8, 4) is 6.07 Å². The van der Waals surface area contributed by atoms with E-state index < -0.39 is 0 Å². The summed E-state index contributed by atoms with van der Waals surface area (Å²) in [7, 11) is 0. The van der Waals surface area contributed by atoms with Crippen LogP contribution in [0.25, 0.3) is 0 Å². The van der Waals surface area contributed by atoms with E-state index in [1.807, 2.05) is 18.2 Å². The molecule has 1 aromatic rings. The predicted octanol–water partition coefficient (Wildman–Crippen LogP) is 3.71. The Kier molecular flexibility index (Phi) is 4.78. The molecule has 0 radical (unpaired) electrons. The molecule has 0 N–H and O–H groups in total. The van der Waals surface area contributed by atoms with Crippen LogP contribution in [0, 0.1) is 11.3 Å². The summed E-state index contributed by atoms with van der Waals surface area (Å²) in [5, 5.41) is 9.15. The number of rotatable bonds is 4. The van der Waals surface area contributed by atoms with Crippen molar-refractivity contribution < 1.29 is 0 Å². The molecule has 0 unspecified atom stereocenters. The fourth-order valence-corrected chi connectivity index (χ4v) is 2.93. The van der Waals surface area contributed by atoms with Crippen molar-refractivity contribution in [3.63, 3.8) is 0 Å². The van der Waals surface area contributed by atoms with Crippen LogP contribution >= 0.6 is 0 Å². The first-order valence-electron chi connectivity index (χ1n) is 7.07. The maximum atomic E-state index is 9.15. The topological polar surface area (TPSA) is 27.0 Å². The van der Waals surface area contributed by atoms with E-state index in [9.17, 15) is 0 Å². The second-order valence-electron chi connectivity index (χ2n) is 5.12. The van der Waals surface area contributed by atoms with E-state index in [1.54, 1.807) is 0 Å². The molecule has 96 valence electrons. The minimum atomic E-state index is 0.718. The molecule has 1 aliphatic carbocycles. The first kappa shape index (κ1) is 13.1. The van der Waals surface area contributed by atoms with Crippen LogP contribution in [0.15, 0.2) is 24.3 Å². The lowest BCUT2D eigenvalue weighted by Crippen LogP contribution is -2.36. The number of benzene rings is 1. The summed E-state index contributed by atoms with van der Waals surface area (Å²) < 4.78 is 0. The fraction of sp³-hybridized carbons (Fsp3) is 0.562. The molecule has 0 saturated heterocycles. The highest BCUT2D eigenvalue weighted by Crippen LogP contribution is 2.24. The SMILES string of the molecule is CCN(Cc1ccccc1C#N)C1CCCCC1. The quantitative estimate of drug-likeness (QED) is 0.804. The molecule has 18 heavy (non-hydrogen) atoms. The number of nitriles is 1. The Morgan fingerprint density at radius 3 is 2.61 bits per heavy atom. The molecule has 0 heterocycles. The molecule has 0 atom stereocenters. The molecule has 0 aliphatic heterocycles. The molecule has 1 aliphatic rings. The van der Waals surface area contributed by atoms with Crippen LogP contribution in [-0.2, 0) is 6.54 Å². The van der Waals surface area contributed by atoms with Crippen molar-refractivity contribution >= 4 is 0 Å². The highest BCUT2D eigenvalue weighted by Gasteiger charge is 2.20. The van der Waals surface area contributed by atoms with Crippen LogP contribution in [-0.4, -0.2) is 17.5 Å². The summed E-state index contributed by atoms with van der Waals surface area (Å²) in [5.74, 6) is 0. The normalized spacial score (nSPS) is 16.7. The van der Waals surface area contributed by atoms with Gasteiger partial charge in [0.05, 0.1) is 11.6 Å². The molecule has 2 rings (SSSR count). The van der Waals surface area contributed by atoms with Crippen LogP contribution in [0.4, 0.5) is 0 Å². The highest BCUT2D eigenvalue weighted by atomic mass is 15.1.